The monoisotopic (exact) mass is 327 g/mol. The Balaban J connectivity index is 2.09. The highest BCUT2D eigenvalue weighted by atomic mass is 19.4. The van der Waals surface area contributed by atoms with Crippen molar-refractivity contribution < 1.29 is 27.9 Å². The maximum Gasteiger partial charge on any atom is 0.449 e. The molecule has 1 atom stereocenters. The average Bonchev–Trinajstić information content (AvgIpc) is 2.96. The van der Waals surface area contributed by atoms with Crippen molar-refractivity contribution in [2.45, 2.75) is 18.6 Å². The highest BCUT2D eigenvalue weighted by Crippen LogP contribution is 2.26. The number of carbonyl (C=O) groups is 2. The number of hydrogen-bond donors (Lipinski definition) is 3. The van der Waals surface area contributed by atoms with Gasteiger partial charge in [0.25, 0.3) is 5.91 Å². The zero-order valence-electron chi connectivity index (χ0n) is 11.6. The van der Waals surface area contributed by atoms with E-state index in [-0.39, 0.29) is 17.7 Å². The largest absolute Gasteiger partial charge is 0.480 e. The lowest BCUT2D eigenvalue weighted by Gasteiger charge is -2.13. The maximum atomic E-state index is 12.4. The first-order valence-corrected chi connectivity index (χ1v) is 6.47. The van der Waals surface area contributed by atoms with Gasteiger partial charge in [-0.1, -0.05) is 18.2 Å². The fourth-order valence-corrected chi connectivity index (χ4v) is 1.86. The quantitative estimate of drug-likeness (QED) is 0.781. The molecule has 0 saturated carbocycles. The van der Waals surface area contributed by atoms with Gasteiger partial charge in [-0.2, -0.15) is 13.2 Å². The van der Waals surface area contributed by atoms with Gasteiger partial charge in [-0.25, -0.2) is 9.78 Å². The van der Waals surface area contributed by atoms with E-state index in [1.807, 2.05) is 4.98 Å². The van der Waals surface area contributed by atoms with Crippen molar-refractivity contribution in [1.29, 1.82) is 0 Å². The van der Waals surface area contributed by atoms with Crippen molar-refractivity contribution in [2.75, 3.05) is 0 Å². The molecule has 9 heteroatoms. The van der Waals surface area contributed by atoms with Crippen molar-refractivity contribution >= 4 is 11.9 Å². The fourth-order valence-electron chi connectivity index (χ4n) is 1.86. The van der Waals surface area contributed by atoms with Crippen LogP contribution in [-0.2, 0) is 17.4 Å². The number of halogens is 3. The number of carbonyl (C=O) groups excluding carboxylic acids is 1. The lowest BCUT2D eigenvalue weighted by atomic mass is 10.1. The van der Waals surface area contributed by atoms with Crippen LogP contribution in [0.15, 0.2) is 36.5 Å². The molecule has 1 aromatic heterocycles. The molecular weight excluding hydrogens is 315 g/mol. The molecule has 23 heavy (non-hydrogen) atoms. The topological polar surface area (TPSA) is 95.1 Å². The Morgan fingerprint density at radius 2 is 1.91 bits per heavy atom. The summed E-state index contributed by atoms with van der Waals surface area (Å²) in [7, 11) is 0. The normalized spacial score (nSPS) is 12.7. The van der Waals surface area contributed by atoms with Gasteiger partial charge in [0, 0.05) is 23.9 Å². The summed E-state index contributed by atoms with van der Waals surface area (Å²) in [6, 6.07) is 6.50. The second kappa shape index (κ2) is 6.51. The number of carboxylic acids is 1. The first kappa shape index (κ1) is 16.5. The molecule has 1 unspecified atom stereocenters. The van der Waals surface area contributed by atoms with E-state index in [4.69, 9.17) is 5.11 Å². The minimum Gasteiger partial charge on any atom is -0.480 e. The minimum absolute atomic E-state index is 0.0434. The van der Waals surface area contributed by atoms with Gasteiger partial charge in [-0.05, 0) is 12.1 Å². The van der Waals surface area contributed by atoms with E-state index in [1.165, 1.54) is 12.1 Å². The molecule has 3 N–H and O–H groups in total. The summed E-state index contributed by atoms with van der Waals surface area (Å²) in [6.45, 7) is 0. The number of nitrogens with zero attached hydrogens (tertiary/aromatic N) is 1. The molecule has 1 heterocycles. The summed E-state index contributed by atoms with van der Waals surface area (Å²) in [5.74, 6) is -3.21. The smallest absolute Gasteiger partial charge is 0.449 e. The third kappa shape index (κ3) is 4.31. The number of H-pyrrole nitrogens is 1. The molecule has 0 bridgehead atoms. The standard InChI is InChI=1S/C14H12F3N3O3/c15-14(16,17)13-18-7-9(19-13)6-10(12(22)23)20-11(21)8-4-2-1-3-5-8/h1-5,7,10H,6H2,(H,18,19)(H,20,21)(H,22,23). The molecule has 2 rings (SSSR count). The summed E-state index contributed by atoms with van der Waals surface area (Å²) in [4.78, 5) is 28.3. The molecule has 0 saturated heterocycles. The molecule has 0 radical (unpaired) electrons. The number of aromatic nitrogens is 2. The molecule has 2 aromatic rings. The highest BCUT2D eigenvalue weighted by molar-refractivity contribution is 5.96. The zero-order valence-corrected chi connectivity index (χ0v) is 11.6. The summed E-state index contributed by atoms with van der Waals surface area (Å²) in [5, 5.41) is 11.4. The van der Waals surface area contributed by atoms with Crippen LogP contribution in [0.5, 0.6) is 0 Å². The number of rotatable bonds is 5. The van der Waals surface area contributed by atoms with Crippen LogP contribution in [0.25, 0.3) is 0 Å². The van der Waals surface area contributed by atoms with E-state index in [0.717, 1.165) is 6.20 Å². The lowest BCUT2D eigenvalue weighted by Crippen LogP contribution is -2.42. The summed E-state index contributed by atoms with van der Waals surface area (Å²) >= 11 is 0. The first-order chi connectivity index (χ1) is 10.8. The van der Waals surface area contributed by atoms with Crippen molar-refractivity contribution in [2.24, 2.45) is 0 Å². The Morgan fingerprint density at radius 3 is 2.43 bits per heavy atom. The van der Waals surface area contributed by atoms with Gasteiger partial charge in [0.15, 0.2) is 0 Å². The van der Waals surface area contributed by atoms with Crippen LogP contribution in [0.4, 0.5) is 13.2 Å². The molecular formula is C14H12F3N3O3. The van der Waals surface area contributed by atoms with Crippen LogP contribution in [0.3, 0.4) is 0 Å². The van der Waals surface area contributed by atoms with Crippen LogP contribution >= 0.6 is 0 Å². The number of alkyl halides is 3. The Bertz CT molecular complexity index is 698. The number of nitrogens with one attached hydrogen (secondary N) is 2. The third-order valence-electron chi connectivity index (χ3n) is 2.96. The molecule has 122 valence electrons. The number of aliphatic carboxylic acids is 1. The zero-order chi connectivity index (χ0) is 17.0. The van der Waals surface area contributed by atoms with E-state index in [1.54, 1.807) is 18.2 Å². The molecule has 0 fully saturated rings. The molecule has 6 nitrogen and oxygen atoms in total. The van der Waals surface area contributed by atoms with Crippen molar-refractivity contribution in [1.82, 2.24) is 15.3 Å². The van der Waals surface area contributed by atoms with E-state index in [0.29, 0.717) is 0 Å². The molecule has 0 aliphatic heterocycles. The molecule has 1 amide bonds. The van der Waals surface area contributed by atoms with Gasteiger partial charge in [-0.3, -0.25) is 4.79 Å². The predicted molar refractivity (Wildman–Crippen MR) is 72.6 cm³/mol. The number of benzene rings is 1. The summed E-state index contributed by atoms with van der Waals surface area (Å²) in [5.41, 5.74) is 0.206. The minimum atomic E-state index is -4.65. The van der Waals surface area contributed by atoms with Gasteiger partial charge < -0.3 is 15.4 Å². The number of carboxylic acid groups (broad SMARTS) is 1. The predicted octanol–water partition coefficient (Wildman–Crippen LogP) is 1.85. The molecule has 1 aromatic carbocycles. The highest BCUT2D eigenvalue weighted by Gasteiger charge is 2.34. The molecule has 0 spiro atoms. The second-order valence-electron chi connectivity index (χ2n) is 4.69. The van der Waals surface area contributed by atoms with Crippen molar-refractivity contribution in [3.8, 4) is 0 Å². The number of hydrogen-bond acceptors (Lipinski definition) is 3. The van der Waals surface area contributed by atoms with E-state index >= 15 is 0 Å². The van der Waals surface area contributed by atoms with Crippen LogP contribution in [0, 0.1) is 0 Å². The van der Waals surface area contributed by atoms with E-state index in [2.05, 4.69) is 10.3 Å². The van der Waals surface area contributed by atoms with Gasteiger partial charge in [0.05, 0.1) is 0 Å². The summed E-state index contributed by atoms with van der Waals surface area (Å²) < 4.78 is 37.3. The van der Waals surface area contributed by atoms with Gasteiger partial charge in [0.1, 0.15) is 6.04 Å². The second-order valence-corrected chi connectivity index (χ2v) is 4.69. The fraction of sp³-hybridized carbons (Fsp3) is 0.214. The van der Waals surface area contributed by atoms with E-state index < -0.39 is 29.9 Å². The van der Waals surface area contributed by atoms with Crippen LogP contribution in [0.2, 0.25) is 0 Å². The van der Waals surface area contributed by atoms with Gasteiger partial charge in [0.2, 0.25) is 5.82 Å². The summed E-state index contributed by atoms with van der Waals surface area (Å²) in [6.07, 6.45) is -4.10. The Kier molecular flexibility index (Phi) is 4.68. The van der Waals surface area contributed by atoms with Crippen molar-refractivity contribution in [3.05, 3.63) is 53.6 Å². The maximum absolute atomic E-state index is 12.4. The number of amides is 1. The lowest BCUT2D eigenvalue weighted by molar-refractivity contribution is -0.144. The van der Waals surface area contributed by atoms with Crippen molar-refractivity contribution in [3.63, 3.8) is 0 Å². The average molecular weight is 327 g/mol. The Morgan fingerprint density at radius 1 is 1.26 bits per heavy atom. The van der Waals surface area contributed by atoms with Crippen LogP contribution < -0.4 is 5.32 Å². The van der Waals surface area contributed by atoms with Crippen LogP contribution in [-0.4, -0.2) is 33.0 Å². The molecule has 0 aliphatic carbocycles. The van der Waals surface area contributed by atoms with Crippen LogP contribution in [0.1, 0.15) is 21.9 Å². The number of imidazole rings is 1. The third-order valence-corrected chi connectivity index (χ3v) is 2.96. The number of aromatic amines is 1. The van der Waals surface area contributed by atoms with Gasteiger partial charge in [-0.15, -0.1) is 0 Å². The molecule has 0 aliphatic rings. The Hall–Kier alpha value is -2.84. The van der Waals surface area contributed by atoms with E-state index in [9.17, 15) is 22.8 Å². The van der Waals surface area contributed by atoms with Gasteiger partial charge >= 0.3 is 12.1 Å². The first-order valence-electron chi connectivity index (χ1n) is 6.47. The Labute approximate surface area is 128 Å². The SMILES string of the molecule is O=C(NC(Cc1cnc(C(F)(F)F)[nH]1)C(=O)O)c1ccccc1.